The van der Waals surface area contributed by atoms with Gasteiger partial charge in [-0.05, 0) is 37.1 Å². The van der Waals surface area contributed by atoms with E-state index in [0.717, 1.165) is 31.6 Å². The van der Waals surface area contributed by atoms with Gasteiger partial charge in [-0.3, -0.25) is 5.84 Å². The second-order valence-corrected chi connectivity index (χ2v) is 4.79. The van der Waals surface area contributed by atoms with Crippen LogP contribution in [0.2, 0.25) is 0 Å². The molecule has 3 rings (SSSR count). The van der Waals surface area contributed by atoms with Gasteiger partial charge in [-0.25, -0.2) is 4.68 Å². The largest absolute Gasteiger partial charge is 0.371 e. The minimum Gasteiger partial charge on any atom is -0.371 e. The van der Waals surface area contributed by atoms with Crippen molar-refractivity contribution in [3.63, 3.8) is 0 Å². The summed E-state index contributed by atoms with van der Waals surface area (Å²) < 4.78 is 1.97. The molecule has 0 radical (unpaired) electrons. The average Bonchev–Trinajstić information content (AvgIpc) is 3.02. The van der Waals surface area contributed by atoms with E-state index in [1.165, 1.54) is 5.69 Å². The number of hydrogen-bond donors (Lipinski definition) is 2. The number of aromatic nitrogens is 3. The third-order valence-electron chi connectivity index (χ3n) is 3.68. The molecule has 0 amide bonds. The number of rotatable bonds is 3. The Hall–Kier alpha value is -2.08. The normalized spacial score (nSPS) is 16.6. The van der Waals surface area contributed by atoms with Gasteiger partial charge in [-0.1, -0.05) is 5.21 Å². The van der Waals surface area contributed by atoms with Gasteiger partial charge in [0, 0.05) is 30.7 Å². The monoisotopic (exact) mass is 258 g/mol. The molecule has 1 aromatic heterocycles. The number of nitrogen functional groups attached to an aromatic ring is 1. The number of hydrogen-bond acceptors (Lipinski definition) is 5. The zero-order chi connectivity index (χ0) is 13.1. The van der Waals surface area contributed by atoms with Crippen molar-refractivity contribution in [2.24, 2.45) is 5.84 Å². The van der Waals surface area contributed by atoms with E-state index >= 15 is 0 Å². The molecular formula is C13H18N6. The maximum Gasteiger partial charge on any atom is 0.0693 e. The topological polar surface area (TPSA) is 72.0 Å². The number of piperidine rings is 1. The molecule has 1 aromatic carbocycles. The van der Waals surface area contributed by atoms with E-state index in [4.69, 9.17) is 5.84 Å². The summed E-state index contributed by atoms with van der Waals surface area (Å²) in [6.07, 6.45) is 5.88. The predicted molar refractivity (Wildman–Crippen MR) is 74.8 cm³/mol. The molecule has 2 aromatic rings. The molecular weight excluding hydrogens is 240 g/mol. The molecule has 6 nitrogen and oxygen atoms in total. The fraction of sp³-hybridized carbons (Fsp3) is 0.385. The standard InChI is InChI=1S/C13H18N6/c14-16-11-1-3-12(4-2-11)18-8-5-13(6-9-18)19-10-7-15-17-19/h1-4,7,10,13,16H,5-6,8-9,14H2. The molecule has 3 N–H and O–H groups in total. The van der Waals surface area contributed by atoms with Crippen molar-refractivity contribution >= 4 is 11.4 Å². The third-order valence-corrected chi connectivity index (χ3v) is 3.68. The first-order valence-electron chi connectivity index (χ1n) is 6.54. The Bertz CT molecular complexity index is 498. The van der Waals surface area contributed by atoms with Crippen molar-refractivity contribution < 1.29 is 0 Å². The van der Waals surface area contributed by atoms with Crippen LogP contribution in [0.25, 0.3) is 0 Å². The van der Waals surface area contributed by atoms with Crippen LogP contribution >= 0.6 is 0 Å². The lowest BCUT2D eigenvalue weighted by Gasteiger charge is -2.33. The van der Waals surface area contributed by atoms with Crippen LogP contribution in [0.3, 0.4) is 0 Å². The Morgan fingerprint density at radius 2 is 1.89 bits per heavy atom. The van der Waals surface area contributed by atoms with E-state index in [0.29, 0.717) is 6.04 Å². The average molecular weight is 258 g/mol. The van der Waals surface area contributed by atoms with Crippen molar-refractivity contribution in [2.45, 2.75) is 18.9 Å². The number of nitrogens with two attached hydrogens (primary N) is 1. The summed E-state index contributed by atoms with van der Waals surface area (Å²) in [6.45, 7) is 2.08. The molecule has 19 heavy (non-hydrogen) atoms. The van der Waals surface area contributed by atoms with E-state index < -0.39 is 0 Å². The van der Waals surface area contributed by atoms with Crippen LogP contribution in [0, 0.1) is 0 Å². The van der Waals surface area contributed by atoms with Gasteiger partial charge in [0.1, 0.15) is 0 Å². The molecule has 1 aliphatic heterocycles. The van der Waals surface area contributed by atoms with Crippen LogP contribution in [-0.4, -0.2) is 28.1 Å². The highest BCUT2D eigenvalue weighted by molar-refractivity contribution is 5.54. The van der Waals surface area contributed by atoms with Gasteiger partial charge in [-0.2, -0.15) is 0 Å². The Balaban J connectivity index is 1.63. The Labute approximate surface area is 112 Å². The number of hydrazine groups is 1. The highest BCUT2D eigenvalue weighted by Crippen LogP contribution is 2.26. The SMILES string of the molecule is NNc1ccc(N2CCC(n3ccnn3)CC2)cc1. The maximum absolute atomic E-state index is 5.37. The molecule has 6 heteroatoms. The van der Waals surface area contributed by atoms with Crippen LogP contribution < -0.4 is 16.2 Å². The van der Waals surface area contributed by atoms with Gasteiger partial charge in [0.05, 0.1) is 12.2 Å². The zero-order valence-electron chi connectivity index (χ0n) is 10.7. The molecule has 0 bridgehead atoms. The molecule has 1 fully saturated rings. The molecule has 0 spiro atoms. The first kappa shape index (κ1) is 12.0. The van der Waals surface area contributed by atoms with Crippen LogP contribution in [0.1, 0.15) is 18.9 Å². The smallest absolute Gasteiger partial charge is 0.0693 e. The molecule has 0 unspecified atom stereocenters. The summed E-state index contributed by atoms with van der Waals surface area (Å²) in [6, 6.07) is 8.68. The van der Waals surface area contributed by atoms with E-state index in [2.05, 4.69) is 32.8 Å². The van der Waals surface area contributed by atoms with E-state index in [9.17, 15) is 0 Å². The second kappa shape index (κ2) is 5.27. The number of anilines is 2. The van der Waals surface area contributed by atoms with Gasteiger partial charge in [-0.15, -0.1) is 5.10 Å². The van der Waals surface area contributed by atoms with Crippen LogP contribution in [0.15, 0.2) is 36.7 Å². The Morgan fingerprint density at radius 3 is 2.47 bits per heavy atom. The van der Waals surface area contributed by atoms with Crippen molar-refractivity contribution in [1.82, 2.24) is 15.0 Å². The fourth-order valence-electron chi connectivity index (χ4n) is 2.57. The van der Waals surface area contributed by atoms with E-state index in [-0.39, 0.29) is 0 Å². The summed E-state index contributed by atoms with van der Waals surface area (Å²) >= 11 is 0. The first-order valence-corrected chi connectivity index (χ1v) is 6.54. The van der Waals surface area contributed by atoms with Gasteiger partial charge in [0.25, 0.3) is 0 Å². The molecule has 2 heterocycles. The van der Waals surface area contributed by atoms with Gasteiger partial charge < -0.3 is 10.3 Å². The Kier molecular flexibility index (Phi) is 3.33. The molecule has 1 aliphatic rings. The zero-order valence-corrected chi connectivity index (χ0v) is 10.7. The summed E-state index contributed by atoms with van der Waals surface area (Å²) in [5, 5.41) is 7.96. The minimum absolute atomic E-state index is 0.476. The third kappa shape index (κ3) is 2.53. The maximum atomic E-state index is 5.37. The quantitative estimate of drug-likeness (QED) is 0.643. The molecule has 100 valence electrons. The summed E-state index contributed by atoms with van der Waals surface area (Å²) in [4.78, 5) is 2.40. The van der Waals surface area contributed by atoms with E-state index in [1.54, 1.807) is 6.20 Å². The lowest BCUT2D eigenvalue weighted by molar-refractivity contribution is 0.360. The van der Waals surface area contributed by atoms with Crippen molar-refractivity contribution in [3.8, 4) is 0 Å². The number of nitrogens with zero attached hydrogens (tertiary/aromatic N) is 4. The predicted octanol–water partition coefficient (Wildman–Crippen LogP) is 1.41. The van der Waals surface area contributed by atoms with Gasteiger partial charge in [0.15, 0.2) is 0 Å². The van der Waals surface area contributed by atoms with Gasteiger partial charge in [0.2, 0.25) is 0 Å². The number of nitrogens with one attached hydrogen (secondary N) is 1. The first-order chi connectivity index (χ1) is 9.36. The molecule has 0 atom stereocenters. The lowest BCUT2D eigenvalue weighted by atomic mass is 10.0. The second-order valence-electron chi connectivity index (χ2n) is 4.79. The summed E-state index contributed by atoms with van der Waals surface area (Å²) in [5.41, 5.74) is 4.82. The summed E-state index contributed by atoms with van der Waals surface area (Å²) in [7, 11) is 0. The number of benzene rings is 1. The van der Waals surface area contributed by atoms with Crippen LogP contribution in [0.4, 0.5) is 11.4 Å². The van der Waals surface area contributed by atoms with Crippen molar-refractivity contribution in [1.29, 1.82) is 0 Å². The lowest BCUT2D eigenvalue weighted by Crippen LogP contribution is -2.34. The van der Waals surface area contributed by atoms with Gasteiger partial charge >= 0.3 is 0 Å². The van der Waals surface area contributed by atoms with Crippen LogP contribution in [0.5, 0.6) is 0 Å². The van der Waals surface area contributed by atoms with Crippen molar-refractivity contribution in [3.05, 3.63) is 36.7 Å². The van der Waals surface area contributed by atoms with E-state index in [1.807, 2.05) is 23.0 Å². The minimum atomic E-state index is 0.476. The van der Waals surface area contributed by atoms with Crippen LogP contribution in [-0.2, 0) is 0 Å². The van der Waals surface area contributed by atoms with Crippen molar-refractivity contribution in [2.75, 3.05) is 23.4 Å². The molecule has 0 saturated carbocycles. The molecule has 0 aliphatic carbocycles. The highest BCUT2D eigenvalue weighted by Gasteiger charge is 2.20. The highest BCUT2D eigenvalue weighted by atomic mass is 15.4. The fourth-order valence-corrected chi connectivity index (χ4v) is 2.57. The Morgan fingerprint density at radius 1 is 1.16 bits per heavy atom. The summed E-state index contributed by atoms with van der Waals surface area (Å²) in [5.74, 6) is 5.37. The molecule has 1 saturated heterocycles.